The molecule has 0 radical (unpaired) electrons. The lowest BCUT2D eigenvalue weighted by molar-refractivity contribution is -0.0704. The predicted octanol–water partition coefficient (Wildman–Crippen LogP) is 3.40. The molecular weight excluding hydrogens is 381 g/mol. The van der Waals surface area contributed by atoms with Gasteiger partial charge in [-0.05, 0) is 55.8 Å². The normalized spacial score (nSPS) is 22.9. The maximum atomic E-state index is 13.1. The van der Waals surface area contributed by atoms with E-state index in [0.29, 0.717) is 13.1 Å². The molecule has 0 unspecified atom stereocenters. The lowest BCUT2D eigenvalue weighted by Crippen LogP contribution is -2.48. The van der Waals surface area contributed by atoms with Crippen LogP contribution in [0.1, 0.15) is 29.8 Å². The second-order valence-electron chi connectivity index (χ2n) is 8.40. The Morgan fingerprint density at radius 1 is 0.933 bits per heavy atom. The van der Waals surface area contributed by atoms with Crippen LogP contribution in [0.4, 0.5) is 10.1 Å². The third-order valence-electron chi connectivity index (χ3n) is 5.86. The van der Waals surface area contributed by atoms with Crippen LogP contribution in [0.15, 0.2) is 48.5 Å². The van der Waals surface area contributed by atoms with Crippen LogP contribution in [0.2, 0.25) is 0 Å². The first kappa shape index (κ1) is 20.8. The van der Waals surface area contributed by atoms with E-state index in [4.69, 9.17) is 4.74 Å². The summed E-state index contributed by atoms with van der Waals surface area (Å²) in [7, 11) is 0. The molecule has 2 saturated heterocycles. The van der Waals surface area contributed by atoms with Crippen molar-refractivity contribution in [1.29, 1.82) is 0 Å². The smallest absolute Gasteiger partial charge is 0.253 e. The average Bonchev–Trinajstić information content (AvgIpc) is 2.74. The highest BCUT2D eigenvalue weighted by molar-refractivity contribution is 5.94. The third-order valence-corrected chi connectivity index (χ3v) is 5.86. The number of amides is 1. The van der Waals surface area contributed by atoms with Crippen LogP contribution >= 0.6 is 0 Å². The first-order chi connectivity index (χ1) is 14.5. The number of morpholine rings is 1. The first-order valence-electron chi connectivity index (χ1n) is 10.7. The van der Waals surface area contributed by atoms with Crippen LogP contribution in [0.25, 0.3) is 0 Å². The fourth-order valence-electron chi connectivity index (χ4n) is 4.43. The van der Waals surface area contributed by atoms with Gasteiger partial charge in [-0.2, -0.15) is 0 Å². The molecule has 2 fully saturated rings. The number of rotatable bonds is 4. The molecule has 2 aliphatic rings. The zero-order valence-electron chi connectivity index (χ0n) is 17.8. The number of carbonyl (C=O) groups is 1. The van der Waals surface area contributed by atoms with Gasteiger partial charge in [0.1, 0.15) is 5.82 Å². The van der Waals surface area contributed by atoms with Gasteiger partial charge in [-0.1, -0.05) is 12.1 Å². The van der Waals surface area contributed by atoms with Crippen molar-refractivity contribution in [3.63, 3.8) is 0 Å². The molecule has 30 heavy (non-hydrogen) atoms. The Morgan fingerprint density at radius 3 is 2.13 bits per heavy atom. The van der Waals surface area contributed by atoms with Crippen LogP contribution in [0.5, 0.6) is 0 Å². The lowest BCUT2D eigenvalue weighted by atomic mass is 10.1. The van der Waals surface area contributed by atoms with E-state index in [2.05, 4.69) is 35.8 Å². The predicted molar refractivity (Wildman–Crippen MR) is 116 cm³/mol. The second-order valence-corrected chi connectivity index (χ2v) is 8.40. The van der Waals surface area contributed by atoms with E-state index in [-0.39, 0.29) is 23.9 Å². The summed E-state index contributed by atoms with van der Waals surface area (Å²) in [5.74, 6) is -0.150. The number of hydrogen-bond donors (Lipinski definition) is 0. The van der Waals surface area contributed by atoms with Crippen molar-refractivity contribution in [3.8, 4) is 0 Å². The largest absolute Gasteiger partial charge is 0.373 e. The summed E-state index contributed by atoms with van der Waals surface area (Å²) >= 11 is 0. The van der Waals surface area contributed by atoms with Crippen LogP contribution in [-0.2, 0) is 11.3 Å². The Balaban J connectivity index is 1.31. The second kappa shape index (κ2) is 9.14. The minimum atomic E-state index is -0.228. The molecule has 0 aliphatic carbocycles. The Morgan fingerprint density at radius 2 is 1.53 bits per heavy atom. The Bertz CT molecular complexity index is 838. The molecule has 2 aromatic rings. The standard InChI is InChI=1S/C24H30FN3O2/c1-18-15-26(16-19(2)30-18)17-20-3-5-21(6-4-20)24(29)28-13-11-27(12-14-28)23-9-7-22(25)8-10-23/h3-10,18-19H,11-17H2,1-2H3/t18-,19+. The van der Waals surface area contributed by atoms with Gasteiger partial charge in [0.25, 0.3) is 5.91 Å². The van der Waals surface area contributed by atoms with Gasteiger partial charge >= 0.3 is 0 Å². The quantitative estimate of drug-likeness (QED) is 0.773. The Labute approximate surface area is 178 Å². The molecule has 2 aliphatic heterocycles. The fourth-order valence-corrected chi connectivity index (χ4v) is 4.43. The molecule has 0 bridgehead atoms. The third kappa shape index (κ3) is 4.99. The van der Waals surface area contributed by atoms with Crippen molar-refractivity contribution in [2.75, 3.05) is 44.2 Å². The van der Waals surface area contributed by atoms with E-state index < -0.39 is 0 Å². The average molecular weight is 412 g/mol. The van der Waals surface area contributed by atoms with Gasteiger partial charge in [0.2, 0.25) is 0 Å². The number of ether oxygens (including phenoxy) is 1. The van der Waals surface area contributed by atoms with Crippen molar-refractivity contribution in [2.24, 2.45) is 0 Å². The highest BCUT2D eigenvalue weighted by Gasteiger charge is 2.24. The minimum absolute atomic E-state index is 0.0777. The van der Waals surface area contributed by atoms with Gasteiger partial charge in [0, 0.05) is 57.1 Å². The van der Waals surface area contributed by atoms with Crippen molar-refractivity contribution in [2.45, 2.75) is 32.6 Å². The molecule has 0 N–H and O–H groups in total. The van der Waals surface area contributed by atoms with Crippen molar-refractivity contribution in [3.05, 3.63) is 65.5 Å². The molecule has 0 spiro atoms. The molecule has 4 rings (SSSR count). The summed E-state index contributed by atoms with van der Waals surface area (Å²) in [5.41, 5.74) is 2.95. The first-order valence-corrected chi connectivity index (χ1v) is 10.7. The number of hydrogen-bond acceptors (Lipinski definition) is 4. The van der Waals surface area contributed by atoms with E-state index >= 15 is 0 Å². The minimum Gasteiger partial charge on any atom is -0.373 e. The molecule has 2 atom stereocenters. The van der Waals surface area contributed by atoms with Crippen molar-refractivity contribution in [1.82, 2.24) is 9.80 Å². The van der Waals surface area contributed by atoms with Crippen LogP contribution in [0, 0.1) is 5.82 Å². The summed E-state index contributed by atoms with van der Waals surface area (Å²) in [4.78, 5) is 19.4. The molecule has 6 heteroatoms. The van der Waals surface area contributed by atoms with Crippen LogP contribution in [0.3, 0.4) is 0 Å². The van der Waals surface area contributed by atoms with E-state index in [9.17, 15) is 9.18 Å². The molecule has 2 aromatic carbocycles. The molecular formula is C24H30FN3O2. The number of anilines is 1. The van der Waals surface area contributed by atoms with E-state index in [0.717, 1.165) is 44.0 Å². The number of halogens is 1. The molecule has 160 valence electrons. The molecule has 1 amide bonds. The molecule has 0 aromatic heterocycles. The van der Waals surface area contributed by atoms with Crippen LogP contribution in [-0.4, -0.2) is 67.2 Å². The lowest BCUT2D eigenvalue weighted by Gasteiger charge is -2.36. The van der Waals surface area contributed by atoms with E-state index in [1.54, 1.807) is 12.1 Å². The highest BCUT2D eigenvalue weighted by atomic mass is 19.1. The molecule has 5 nitrogen and oxygen atoms in total. The monoisotopic (exact) mass is 411 g/mol. The summed E-state index contributed by atoms with van der Waals surface area (Å²) in [6.07, 6.45) is 0.506. The van der Waals surface area contributed by atoms with Gasteiger partial charge in [-0.15, -0.1) is 0 Å². The summed E-state index contributed by atoms with van der Waals surface area (Å²) in [6.45, 7) is 9.81. The summed E-state index contributed by atoms with van der Waals surface area (Å²) in [6, 6.07) is 14.6. The van der Waals surface area contributed by atoms with Gasteiger partial charge in [0.15, 0.2) is 0 Å². The zero-order chi connectivity index (χ0) is 21.1. The topological polar surface area (TPSA) is 36.0 Å². The van der Waals surface area contributed by atoms with E-state index in [1.165, 1.54) is 17.7 Å². The summed E-state index contributed by atoms with van der Waals surface area (Å²) in [5, 5.41) is 0. The van der Waals surface area contributed by atoms with Crippen LogP contribution < -0.4 is 4.90 Å². The van der Waals surface area contributed by atoms with Gasteiger partial charge < -0.3 is 14.5 Å². The Hall–Kier alpha value is -2.44. The van der Waals surface area contributed by atoms with Gasteiger partial charge in [-0.3, -0.25) is 9.69 Å². The maximum absolute atomic E-state index is 13.1. The Kier molecular flexibility index (Phi) is 6.35. The maximum Gasteiger partial charge on any atom is 0.253 e. The highest BCUT2D eigenvalue weighted by Crippen LogP contribution is 2.19. The zero-order valence-corrected chi connectivity index (χ0v) is 17.8. The molecule has 2 heterocycles. The van der Waals surface area contributed by atoms with Crippen molar-refractivity contribution < 1.29 is 13.9 Å². The fraction of sp³-hybridized carbons (Fsp3) is 0.458. The van der Waals surface area contributed by atoms with Gasteiger partial charge in [0.05, 0.1) is 12.2 Å². The number of nitrogens with zero attached hydrogens (tertiary/aromatic N) is 3. The molecule has 0 saturated carbocycles. The SMILES string of the molecule is C[C@@H]1CN(Cc2ccc(C(=O)N3CCN(c4ccc(F)cc4)CC3)cc2)C[C@H](C)O1. The number of benzene rings is 2. The van der Waals surface area contributed by atoms with E-state index in [1.807, 2.05) is 17.0 Å². The van der Waals surface area contributed by atoms with Gasteiger partial charge in [-0.25, -0.2) is 4.39 Å². The summed E-state index contributed by atoms with van der Waals surface area (Å²) < 4.78 is 18.9. The van der Waals surface area contributed by atoms with Crippen molar-refractivity contribution >= 4 is 11.6 Å². The number of carbonyl (C=O) groups excluding carboxylic acids is 1. The number of piperazine rings is 1.